The van der Waals surface area contributed by atoms with Crippen LogP contribution >= 0.6 is 24.0 Å². The lowest BCUT2D eigenvalue weighted by atomic mass is 10.1. The molecule has 0 saturated carbocycles. The van der Waals surface area contributed by atoms with Gasteiger partial charge < -0.3 is 20.0 Å². The number of halogens is 1. The van der Waals surface area contributed by atoms with Crippen molar-refractivity contribution in [1.82, 2.24) is 20.1 Å². The Hall–Kier alpha value is -1.87. The molecule has 2 aromatic rings. The molecule has 164 valence electrons. The third kappa shape index (κ3) is 7.12. The zero-order valence-electron chi connectivity index (χ0n) is 18.4. The maximum atomic E-state index is 5.01. The van der Waals surface area contributed by atoms with Gasteiger partial charge in [0.25, 0.3) is 0 Å². The van der Waals surface area contributed by atoms with Gasteiger partial charge in [-0.25, -0.2) is 4.98 Å². The number of aliphatic imine (C=N–C) groups is 1. The van der Waals surface area contributed by atoms with Crippen molar-refractivity contribution in [3.63, 3.8) is 0 Å². The maximum absolute atomic E-state index is 5.01. The topological polar surface area (TPSA) is 47.0 Å². The molecule has 30 heavy (non-hydrogen) atoms. The lowest BCUT2D eigenvalue weighted by molar-refractivity contribution is 0.295. The van der Waals surface area contributed by atoms with Crippen molar-refractivity contribution in [3.8, 4) is 0 Å². The van der Waals surface area contributed by atoms with E-state index >= 15 is 0 Å². The number of guanidine groups is 1. The minimum atomic E-state index is 0. The molecule has 1 aromatic carbocycles. The van der Waals surface area contributed by atoms with E-state index in [1.807, 2.05) is 18.3 Å². The summed E-state index contributed by atoms with van der Waals surface area (Å²) in [7, 11) is 4.28. The Balaban J connectivity index is 0.00000320. The molecule has 1 fully saturated rings. The third-order valence-corrected chi connectivity index (χ3v) is 5.38. The van der Waals surface area contributed by atoms with Crippen molar-refractivity contribution >= 4 is 35.8 Å². The van der Waals surface area contributed by atoms with E-state index in [1.165, 1.54) is 5.56 Å². The largest absolute Gasteiger partial charge is 0.357 e. The predicted octanol–water partition coefficient (Wildman–Crippen LogP) is 2.96. The van der Waals surface area contributed by atoms with Gasteiger partial charge in [0.2, 0.25) is 0 Å². The van der Waals surface area contributed by atoms with Crippen molar-refractivity contribution in [3.05, 3.63) is 60.3 Å². The zero-order valence-corrected chi connectivity index (χ0v) is 20.7. The Morgan fingerprint density at radius 3 is 2.37 bits per heavy atom. The van der Waals surface area contributed by atoms with Gasteiger partial charge in [-0.3, -0.25) is 4.99 Å². The molecule has 3 rings (SSSR count). The quantitative estimate of drug-likeness (QED) is 0.344. The van der Waals surface area contributed by atoms with Crippen LogP contribution in [0, 0.1) is 0 Å². The van der Waals surface area contributed by atoms with Crippen molar-refractivity contribution in [1.29, 1.82) is 0 Å². The number of aromatic nitrogens is 1. The summed E-state index contributed by atoms with van der Waals surface area (Å²) in [6.45, 7) is 7.62. The van der Waals surface area contributed by atoms with E-state index in [4.69, 9.17) is 4.99 Å². The number of likely N-dealkylation sites (N-methyl/N-ethyl adjacent to an activating group) is 1. The Labute approximate surface area is 198 Å². The monoisotopic (exact) mass is 522 g/mol. The molecule has 1 unspecified atom stereocenters. The highest BCUT2D eigenvalue weighted by Crippen LogP contribution is 2.13. The fourth-order valence-electron chi connectivity index (χ4n) is 3.60. The standard InChI is InChI=1S/C23H34N6.HI/c1-4-24-23(26-19-21(27(2)3)18-20-10-6-5-7-11-20)29-16-14-28(15-17-29)22-12-8-9-13-25-22;/h5-13,21H,4,14-19H2,1-3H3,(H,24,26);1H. The number of nitrogens with one attached hydrogen (secondary N) is 1. The summed E-state index contributed by atoms with van der Waals surface area (Å²) in [5, 5.41) is 3.49. The number of nitrogens with zero attached hydrogens (tertiary/aromatic N) is 5. The number of piperazine rings is 1. The van der Waals surface area contributed by atoms with E-state index in [-0.39, 0.29) is 24.0 Å². The van der Waals surface area contributed by atoms with Gasteiger partial charge in [-0.2, -0.15) is 0 Å². The first-order chi connectivity index (χ1) is 14.2. The van der Waals surface area contributed by atoms with Crippen molar-refractivity contribution in [2.75, 3.05) is 58.3 Å². The van der Waals surface area contributed by atoms with Gasteiger partial charge in [-0.15, -0.1) is 24.0 Å². The average Bonchev–Trinajstić information content (AvgIpc) is 2.77. The van der Waals surface area contributed by atoms with Crippen LogP contribution in [0.5, 0.6) is 0 Å². The van der Waals surface area contributed by atoms with Gasteiger partial charge in [0.15, 0.2) is 5.96 Å². The Bertz CT molecular complexity index is 745. The van der Waals surface area contributed by atoms with E-state index in [0.29, 0.717) is 6.04 Å². The molecule has 0 aliphatic carbocycles. The molecule has 6 nitrogen and oxygen atoms in total. The van der Waals surface area contributed by atoms with Crippen molar-refractivity contribution in [2.45, 2.75) is 19.4 Å². The summed E-state index contributed by atoms with van der Waals surface area (Å²) in [6, 6.07) is 17.2. The molecule has 2 heterocycles. The number of pyridine rings is 1. The molecule has 0 radical (unpaired) electrons. The molecule has 1 N–H and O–H groups in total. The van der Waals surface area contributed by atoms with Gasteiger partial charge in [0.1, 0.15) is 5.82 Å². The summed E-state index contributed by atoms with van der Waals surface area (Å²) in [5.41, 5.74) is 1.36. The first-order valence-corrected chi connectivity index (χ1v) is 10.6. The highest BCUT2D eigenvalue weighted by Gasteiger charge is 2.21. The number of hydrogen-bond donors (Lipinski definition) is 1. The Kier molecular flexibility index (Phi) is 10.4. The van der Waals surface area contributed by atoms with Crippen molar-refractivity contribution in [2.24, 2.45) is 4.99 Å². The van der Waals surface area contributed by atoms with Crippen LogP contribution in [0.2, 0.25) is 0 Å². The van der Waals surface area contributed by atoms with E-state index in [2.05, 4.69) is 82.4 Å². The second kappa shape index (κ2) is 12.7. The fraction of sp³-hybridized carbons (Fsp3) is 0.478. The van der Waals surface area contributed by atoms with E-state index in [1.54, 1.807) is 0 Å². The van der Waals surface area contributed by atoms with Crippen LogP contribution in [0.15, 0.2) is 59.7 Å². The molecule has 1 atom stereocenters. The second-order valence-corrected chi connectivity index (χ2v) is 7.66. The SMILES string of the molecule is CCNC(=NCC(Cc1ccccc1)N(C)C)N1CCN(c2ccccn2)CC1.I. The molecule has 0 amide bonds. The lowest BCUT2D eigenvalue weighted by Crippen LogP contribution is -2.53. The Morgan fingerprint density at radius 2 is 1.77 bits per heavy atom. The van der Waals surface area contributed by atoms with E-state index in [0.717, 1.165) is 57.5 Å². The summed E-state index contributed by atoms with van der Waals surface area (Å²) >= 11 is 0. The summed E-state index contributed by atoms with van der Waals surface area (Å²) in [4.78, 5) is 16.5. The normalized spacial score (nSPS) is 15.7. The first-order valence-electron chi connectivity index (χ1n) is 10.6. The minimum Gasteiger partial charge on any atom is -0.357 e. The van der Waals surface area contributed by atoms with Crippen LogP contribution in [-0.2, 0) is 6.42 Å². The maximum Gasteiger partial charge on any atom is 0.194 e. The van der Waals surface area contributed by atoms with Crippen LogP contribution in [0.25, 0.3) is 0 Å². The Morgan fingerprint density at radius 1 is 1.07 bits per heavy atom. The third-order valence-electron chi connectivity index (χ3n) is 5.38. The molecule has 1 aliphatic rings. The number of anilines is 1. The molecule has 1 saturated heterocycles. The van der Waals surface area contributed by atoms with Crippen LogP contribution in [0.4, 0.5) is 5.82 Å². The molecule has 7 heteroatoms. The fourth-order valence-corrected chi connectivity index (χ4v) is 3.60. The number of benzene rings is 1. The van der Waals surface area contributed by atoms with Crippen molar-refractivity contribution < 1.29 is 0 Å². The summed E-state index contributed by atoms with van der Waals surface area (Å²) in [5.74, 6) is 2.08. The predicted molar refractivity (Wildman–Crippen MR) is 137 cm³/mol. The van der Waals surface area contributed by atoms with Crippen LogP contribution in [-0.4, -0.2) is 80.1 Å². The molecule has 0 spiro atoms. The molecular weight excluding hydrogens is 487 g/mol. The molecule has 1 aromatic heterocycles. The van der Waals surface area contributed by atoms with Gasteiger partial charge in [-0.1, -0.05) is 36.4 Å². The minimum absolute atomic E-state index is 0. The van der Waals surface area contributed by atoms with E-state index < -0.39 is 0 Å². The summed E-state index contributed by atoms with van der Waals surface area (Å²) < 4.78 is 0. The second-order valence-electron chi connectivity index (χ2n) is 7.66. The zero-order chi connectivity index (χ0) is 20.5. The van der Waals surface area contributed by atoms with E-state index in [9.17, 15) is 0 Å². The van der Waals surface area contributed by atoms with Crippen LogP contribution in [0.3, 0.4) is 0 Å². The average molecular weight is 522 g/mol. The summed E-state index contributed by atoms with van der Waals surface area (Å²) in [6.07, 6.45) is 2.87. The highest BCUT2D eigenvalue weighted by atomic mass is 127. The molecule has 1 aliphatic heterocycles. The van der Waals surface area contributed by atoms with Gasteiger partial charge in [0, 0.05) is 45.0 Å². The van der Waals surface area contributed by atoms with Gasteiger partial charge in [0.05, 0.1) is 6.54 Å². The highest BCUT2D eigenvalue weighted by molar-refractivity contribution is 14.0. The first kappa shape index (κ1) is 24.4. The molecule has 0 bridgehead atoms. The van der Waals surface area contributed by atoms with Gasteiger partial charge >= 0.3 is 0 Å². The smallest absolute Gasteiger partial charge is 0.194 e. The van der Waals surface area contributed by atoms with Crippen LogP contribution < -0.4 is 10.2 Å². The molecular formula is C23H35IN6. The van der Waals surface area contributed by atoms with Crippen LogP contribution in [0.1, 0.15) is 12.5 Å². The number of hydrogen-bond acceptors (Lipinski definition) is 4. The van der Waals surface area contributed by atoms with Gasteiger partial charge in [-0.05, 0) is 45.1 Å². The number of rotatable bonds is 7. The lowest BCUT2D eigenvalue weighted by Gasteiger charge is -2.37.